The highest BCUT2D eigenvalue weighted by molar-refractivity contribution is 7.99. The lowest BCUT2D eigenvalue weighted by Gasteiger charge is -2.37. The highest BCUT2D eigenvalue weighted by atomic mass is 35.5. The van der Waals surface area contributed by atoms with E-state index in [-0.39, 0.29) is 33.8 Å². The van der Waals surface area contributed by atoms with Gasteiger partial charge >= 0.3 is 6.18 Å². The summed E-state index contributed by atoms with van der Waals surface area (Å²) in [6.45, 7) is 10.3. The number of alkyl halides is 3. The molecule has 73 heavy (non-hydrogen) atoms. The van der Waals surface area contributed by atoms with E-state index >= 15 is 0 Å². The van der Waals surface area contributed by atoms with Crippen LogP contribution < -0.4 is 19.8 Å². The highest BCUT2D eigenvalue weighted by Crippen LogP contribution is 2.42. The third-order valence-corrected chi connectivity index (χ3v) is 17.3. The largest absolute Gasteiger partial charge is 0.393 e. The number of halogens is 4. The van der Waals surface area contributed by atoms with Crippen LogP contribution in [0.3, 0.4) is 0 Å². The van der Waals surface area contributed by atoms with Crippen LogP contribution in [0.4, 0.5) is 35.9 Å². The Morgan fingerprint density at radius 2 is 1.48 bits per heavy atom. The van der Waals surface area contributed by atoms with Crippen LogP contribution in [0.25, 0.3) is 22.4 Å². The number of piperazine rings is 1. The first-order valence-corrected chi connectivity index (χ1v) is 27.8. The molecular weight excluding hydrogens is 991 g/mol. The van der Waals surface area contributed by atoms with Gasteiger partial charge in [-0.2, -0.15) is 13.2 Å². The van der Waals surface area contributed by atoms with Crippen molar-refractivity contribution < 1.29 is 31.5 Å². The number of sulfonamides is 1. The molecule has 3 N–H and O–H groups in total. The van der Waals surface area contributed by atoms with Crippen molar-refractivity contribution >= 4 is 62.0 Å². The van der Waals surface area contributed by atoms with E-state index in [1.807, 2.05) is 98.6 Å². The molecule has 0 radical (unpaired) electrons. The van der Waals surface area contributed by atoms with Crippen LogP contribution in [0.2, 0.25) is 5.02 Å². The summed E-state index contributed by atoms with van der Waals surface area (Å²) >= 11 is 7.91. The standard InChI is InChI=1S/C56H63ClF3N7O4S2/c1-39-51(54(68)67-26-8-27-67)52(53(63(39)3)40-13-15-43(57)16-14-40)41-9-7-10-47(35-41)66-33-31-65(32-34-66)46-19-17-44(18-20-46)62-73(70,71)49-21-22-50(42(36-49)37-56(58,59)60)61-45(38-72-48-11-5-4-6-12-48)23-28-64-29-24-55(2,69)25-30-64/h4-7,9-22,35-36,45,61-62,69H,8,23-34,37-38H2,1-3H3/t45-/m1/s1. The fraction of sp³-hybridized carbons (Fsp3) is 0.375. The van der Waals surface area contributed by atoms with Gasteiger partial charge in [-0.05, 0) is 135 Å². The van der Waals surface area contributed by atoms with Crippen LogP contribution in [0, 0.1) is 6.92 Å². The number of aliphatic hydroxyl groups is 1. The first kappa shape index (κ1) is 52.2. The Balaban J connectivity index is 0.867. The van der Waals surface area contributed by atoms with Gasteiger partial charge in [0.2, 0.25) is 0 Å². The number of aromatic nitrogens is 1. The minimum atomic E-state index is -4.58. The maximum absolute atomic E-state index is 14.2. The number of thioether (sulfide) groups is 1. The van der Waals surface area contributed by atoms with E-state index < -0.39 is 28.2 Å². The van der Waals surface area contributed by atoms with Crippen molar-refractivity contribution in [2.24, 2.45) is 7.05 Å². The van der Waals surface area contributed by atoms with Gasteiger partial charge in [-0.15, -0.1) is 11.8 Å². The van der Waals surface area contributed by atoms with Gasteiger partial charge in [-0.3, -0.25) is 9.52 Å². The number of benzene rings is 5. The minimum Gasteiger partial charge on any atom is -0.390 e. The van der Waals surface area contributed by atoms with Crippen molar-refractivity contribution in [3.63, 3.8) is 0 Å². The molecule has 4 heterocycles. The van der Waals surface area contributed by atoms with E-state index in [1.54, 1.807) is 23.9 Å². The quantitative estimate of drug-likeness (QED) is 0.0769. The Morgan fingerprint density at radius 1 is 0.808 bits per heavy atom. The number of nitrogens with one attached hydrogen (secondary N) is 2. The molecule has 3 aliphatic heterocycles. The molecule has 6 aromatic rings. The number of hydrogen-bond donors (Lipinski definition) is 3. The molecule has 11 nitrogen and oxygen atoms in total. The fourth-order valence-corrected chi connectivity index (χ4v) is 12.2. The molecule has 0 spiro atoms. The Morgan fingerprint density at radius 3 is 2.12 bits per heavy atom. The van der Waals surface area contributed by atoms with Crippen molar-refractivity contribution in [3.05, 3.63) is 143 Å². The predicted octanol–water partition coefficient (Wildman–Crippen LogP) is 11.2. The van der Waals surface area contributed by atoms with Crippen molar-refractivity contribution in [1.82, 2.24) is 14.4 Å². The second-order valence-electron chi connectivity index (χ2n) is 19.8. The second kappa shape index (κ2) is 22.1. The summed E-state index contributed by atoms with van der Waals surface area (Å²) < 4.78 is 74.8. The van der Waals surface area contributed by atoms with E-state index in [1.165, 1.54) is 12.1 Å². The topological polar surface area (TPSA) is 113 Å². The van der Waals surface area contributed by atoms with Crippen LogP contribution >= 0.6 is 23.4 Å². The van der Waals surface area contributed by atoms with Gasteiger partial charge in [0.05, 0.1) is 28.2 Å². The van der Waals surface area contributed by atoms with Gasteiger partial charge in [-0.25, -0.2) is 8.42 Å². The van der Waals surface area contributed by atoms with Gasteiger partial charge in [0, 0.05) is 122 Å². The van der Waals surface area contributed by atoms with E-state index in [9.17, 15) is 31.5 Å². The van der Waals surface area contributed by atoms with Crippen molar-refractivity contribution in [2.45, 2.75) is 73.6 Å². The molecule has 386 valence electrons. The van der Waals surface area contributed by atoms with Gasteiger partial charge in [0.1, 0.15) is 0 Å². The number of amides is 1. The Labute approximate surface area is 436 Å². The van der Waals surface area contributed by atoms with Gasteiger partial charge in [0.25, 0.3) is 15.9 Å². The van der Waals surface area contributed by atoms with Crippen LogP contribution in [0.5, 0.6) is 0 Å². The lowest BCUT2D eigenvalue weighted by atomic mass is 9.93. The summed E-state index contributed by atoms with van der Waals surface area (Å²) in [4.78, 5) is 23.5. The number of carbonyl (C=O) groups is 1. The van der Waals surface area contributed by atoms with Crippen molar-refractivity contribution in [2.75, 3.05) is 84.5 Å². The summed E-state index contributed by atoms with van der Waals surface area (Å²) in [5.41, 5.74) is 7.04. The monoisotopic (exact) mass is 1050 g/mol. The number of rotatable bonds is 17. The summed E-state index contributed by atoms with van der Waals surface area (Å²) in [6.07, 6.45) is -2.95. The smallest absolute Gasteiger partial charge is 0.390 e. The summed E-state index contributed by atoms with van der Waals surface area (Å²) in [5, 5.41) is 14.5. The Kier molecular flexibility index (Phi) is 15.8. The number of hydrogen-bond acceptors (Lipinski definition) is 9. The Bertz CT molecular complexity index is 2990. The van der Waals surface area contributed by atoms with E-state index in [2.05, 4.69) is 47.5 Å². The van der Waals surface area contributed by atoms with E-state index in [4.69, 9.17) is 11.6 Å². The first-order chi connectivity index (χ1) is 34.9. The minimum absolute atomic E-state index is 0.0420. The lowest BCUT2D eigenvalue weighted by molar-refractivity contribution is -0.127. The molecule has 5 aromatic carbocycles. The normalized spacial score (nSPS) is 16.8. The zero-order chi connectivity index (χ0) is 51.5. The average Bonchev–Trinajstić information content (AvgIpc) is 3.62. The first-order valence-electron chi connectivity index (χ1n) is 25.0. The van der Waals surface area contributed by atoms with Crippen molar-refractivity contribution in [1.29, 1.82) is 0 Å². The summed E-state index contributed by atoms with van der Waals surface area (Å²) in [6, 6.07) is 36.7. The molecule has 0 aliphatic carbocycles. The molecule has 3 fully saturated rings. The van der Waals surface area contributed by atoms with E-state index in [0.29, 0.717) is 55.2 Å². The third-order valence-electron chi connectivity index (χ3n) is 14.5. The zero-order valence-electron chi connectivity index (χ0n) is 41.5. The second-order valence-corrected chi connectivity index (χ2v) is 23.0. The predicted molar refractivity (Wildman–Crippen MR) is 290 cm³/mol. The SMILES string of the molecule is Cc1c(C(=O)N2CCC2)c(-c2cccc(N3CCN(c4ccc(NS(=O)(=O)c5ccc(N[C@H](CCN6CCC(C)(O)CC6)CSc6ccccc6)c(CC(F)(F)F)c5)cc4)CC3)c2)c(-c2ccc(Cl)cc2)n1C. The molecule has 3 aliphatic rings. The number of carbonyl (C=O) groups excluding carboxylic acids is 1. The maximum Gasteiger partial charge on any atom is 0.393 e. The molecule has 0 unspecified atom stereocenters. The zero-order valence-corrected chi connectivity index (χ0v) is 43.9. The molecular formula is C56H63ClF3N7O4S2. The average molecular weight is 1050 g/mol. The Hall–Kier alpha value is -5.65. The van der Waals surface area contributed by atoms with Gasteiger partial charge in [-0.1, -0.05) is 54.1 Å². The highest BCUT2D eigenvalue weighted by Gasteiger charge is 2.33. The van der Waals surface area contributed by atoms with Crippen LogP contribution in [0.1, 0.15) is 54.2 Å². The molecule has 17 heteroatoms. The summed E-state index contributed by atoms with van der Waals surface area (Å²) in [7, 11) is -2.27. The van der Waals surface area contributed by atoms with Crippen molar-refractivity contribution in [3.8, 4) is 22.4 Å². The molecule has 1 atom stereocenters. The molecule has 9 rings (SSSR count). The number of likely N-dealkylation sites (tertiary alicyclic amines) is 2. The summed E-state index contributed by atoms with van der Waals surface area (Å²) in [5.74, 6) is 0.619. The number of nitrogens with zero attached hydrogens (tertiary/aromatic N) is 5. The molecule has 0 bridgehead atoms. The number of piperidine rings is 1. The van der Waals surface area contributed by atoms with E-state index in [0.717, 1.165) is 96.1 Å². The van der Waals surface area contributed by atoms with Crippen LogP contribution in [-0.2, 0) is 23.5 Å². The maximum atomic E-state index is 14.2. The van der Waals surface area contributed by atoms with Gasteiger partial charge < -0.3 is 34.6 Å². The lowest BCUT2D eigenvalue weighted by Crippen LogP contribution is -2.46. The molecule has 3 saturated heterocycles. The fourth-order valence-electron chi connectivity index (χ4n) is 9.97. The molecule has 1 amide bonds. The van der Waals surface area contributed by atoms with Crippen LogP contribution in [-0.4, -0.2) is 116 Å². The molecule has 1 aromatic heterocycles. The number of anilines is 4. The molecule has 0 saturated carbocycles. The third kappa shape index (κ3) is 12.7. The van der Waals surface area contributed by atoms with Gasteiger partial charge in [0.15, 0.2) is 0 Å². The van der Waals surface area contributed by atoms with Crippen LogP contribution in [0.15, 0.2) is 131 Å².